The predicted octanol–water partition coefficient (Wildman–Crippen LogP) is 5.83. The van der Waals surface area contributed by atoms with Gasteiger partial charge in [-0.3, -0.25) is 14.4 Å². The van der Waals surface area contributed by atoms with E-state index in [1.807, 2.05) is 35.2 Å². The summed E-state index contributed by atoms with van der Waals surface area (Å²) in [6, 6.07) is 14.4. The lowest BCUT2D eigenvalue weighted by Gasteiger charge is -2.57. The summed E-state index contributed by atoms with van der Waals surface area (Å²) in [4.78, 5) is 45.8. The molecule has 0 radical (unpaired) electrons. The van der Waals surface area contributed by atoms with Crippen molar-refractivity contribution in [1.29, 1.82) is 0 Å². The molecule has 2 atom stereocenters. The minimum atomic E-state index is -0.201. The summed E-state index contributed by atoms with van der Waals surface area (Å²) in [7, 11) is 0. The first-order valence-corrected chi connectivity index (χ1v) is 15.5. The van der Waals surface area contributed by atoms with E-state index in [9.17, 15) is 14.4 Å². The summed E-state index contributed by atoms with van der Waals surface area (Å²) in [6.07, 6.45) is 10.8. The van der Waals surface area contributed by atoms with Crippen molar-refractivity contribution in [2.75, 3.05) is 6.54 Å². The molecule has 0 spiro atoms. The monoisotopic (exact) mass is 559 g/mol. The lowest BCUT2D eigenvalue weighted by molar-refractivity contribution is -0.128. The minimum absolute atomic E-state index is 0.0407. The fourth-order valence-electron chi connectivity index (χ4n) is 9.20. The van der Waals surface area contributed by atoms with Crippen molar-refractivity contribution in [3.63, 3.8) is 0 Å². The fraction of sp³-hybridized carbons (Fsp3) is 0.545. The maximum absolute atomic E-state index is 14.2. The molecule has 1 N–H and O–H groups in total. The first-order chi connectivity index (χ1) is 19.4. The Labute approximate surface area is 241 Å². The normalized spacial score (nSPS) is 32.8. The Morgan fingerprint density at radius 2 is 1.32 bits per heavy atom. The van der Waals surface area contributed by atoms with Gasteiger partial charge in [0.05, 0.1) is 23.2 Å². The van der Waals surface area contributed by atoms with E-state index in [1.165, 1.54) is 19.3 Å². The topological polar surface area (TPSA) is 69.7 Å². The number of rotatable bonds is 5. The third-order valence-corrected chi connectivity index (χ3v) is 10.7. The summed E-state index contributed by atoms with van der Waals surface area (Å²) >= 11 is 6.14. The second-order valence-electron chi connectivity index (χ2n) is 13.2. The molecule has 2 aromatic carbocycles. The summed E-state index contributed by atoms with van der Waals surface area (Å²) in [6.45, 7) is 0.478. The van der Waals surface area contributed by atoms with Crippen LogP contribution in [0.3, 0.4) is 0 Å². The van der Waals surface area contributed by atoms with Crippen LogP contribution in [-0.2, 0) is 11.3 Å². The van der Waals surface area contributed by atoms with Crippen LogP contribution in [0.15, 0.2) is 48.5 Å². The predicted molar refractivity (Wildman–Crippen MR) is 154 cm³/mol. The van der Waals surface area contributed by atoms with Crippen molar-refractivity contribution in [2.45, 2.75) is 88.4 Å². The van der Waals surface area contributed by atoms with Gasteiger partial charge in [-0.05, 0) is 98.9 Å². The molecule has 1 aliphatic heterocycles. The second-order valence-corrected chi connectivity index (χ2v) is 13.6. The summed E-state index contributed by atoms with van der Waals surface area (Å²) in [5.41, 5.74) is 1.70. The molecule has 1 heterocycles. The van der Waals surface area contributed by atoms with E-state index in [4.69, 9.17) is 11.6 Å². The van der Waals surface area contributed by atoms with Gasteiger partial charge in [0.25, 0.3) is 11.8 Å². The molecule has 8 rings (SSSR count). The molecule has 210 valence electrons. The Morgan fingerprint density at radius 1 is 0.800 bits per heavy atom. The van der Waals surface area contributed by atoms with Crippen LogP contribution in [0.4, 0.5) is 0 Å². The Morgan fingerprint density at radius 3 is 1.90 bits per heavy atom. The SMILES string of the molecule is O=C(CN1C(=O)c2ccccc2C(=O)N(Cc2ccc(Cl)cc2)C2CCCCC21)NC12CC3CC(CC(C3)C1)C2. The largest absolute Gasteiger partial charge is 0.349 e. The smallest absolute Gasteiger partial charge is 0.255 e. The molecule has 5 saturated carbocycles. The summed E-state index contributed by atoms with van der Waals surface area (Å²) < 4.78 is 0. The zero-order valence-corrected chi connectivity index (χ0v) is 23.7. The van der Waals surface area contributed by atoms with Crippen molar-refractivity contribution in [3.05, 3.63) is 70.2 Å². The average Bonchev–Trinajstić information content (AvgIpc) is 2.93. The maximum atomic E-state index is 14.2. The number of carbonyl (C=O) groups excluding carboxylic acids is 3. The number of nitrogens with zero attached hydrogens (tertiary/aromatic N) is 2. The summed E-state index contributed by atoms with van der Waals surface area (Å²) in [5, 5.41) is 4.14. The molecule has 5 aliphatic carbocycles. The Kier molecular flexibility index (Phi) is 6.65. The minimum Gasteiger partial charge on any atom is -0.349 e. The van der Waals surface area contributed by atoms with E-state index in [0.717, 1.165) is 68.3 Å². The van der Waals surface area contributed by atoms with Gasteiger partial charge in [-0.2, -0.15) is 0 Å². The Bertz CT molecular complexity index is 1290. The van der Waals surface area contributed by atoms with Crippen molar-refractivity contribution in [1.82, 2.24) is 15.1 Å². The van der Waals surface area contributed by atoms with E-state index in [2.05, 4.69) is 5.32 Å². The van der Waals surface area contributed by atoms with Crippen molar-refractivity contribution < 1.29 is 14.4 Å². The van der Waals surface area contributed by atoms with Gasteiger partial charge in [-0.15, -0.1) is 0 Å². The van der Waals surface area contributed by atoms with Crippen LogP contribution < -0.4 is 5.32 Å². The number of fused-ring (bicyclic) bond motifs is 2. The van der Waals surface area contributed by atoms with E-state index in [1.54, 1.807) is 23.1 Å². The summed E-state index contributed by atoms with van der Waals surface area (Å²) in [5.74, 6) is 1.83. The number of nitrogens with one attached hydrogen (secondary N) is 1. The third-order valence-electron chi connectivity index (χ3n) is 10.4. The van der Waals surface area contributed by atoms with Crippen LogP contribution in [0.2, 0.25) is 5.02 Å². The first kappa shape index (κ1) is 26.1. The van der Waals surface area contributed by atoms with Crippen molar-refractivity contribution >= 4 is 29.3 Å². The zero-order valence-electron chi connectivity index (χ0n) is 23.0. The zero-order chi connectivity index (χ0) is 27.4. The maximum Gasteiger partial charge on any atom is 0.255 e. The highest BCUT2D eigenvalue weighted by Crippen LogP contribution is 2.55. The number of carbonyl (C=O) groups is 3. The average molecular weight is 560 g/mol. The number of amides is 3. The van der Waals surface area contributed by atoms with Crippen LogP contribution in [0, 0.1) is 17.8 Å². The van der Waals surface area contributed by atoms with Gasteiger partial charge >= 0.3 is 0 Å². The van der Waals surface area contributed by atoms with Gasteiger partial charge in [0.2, 0.25) is 5.91 Å². The molecule has 0 saturated heterocycles. The molecule has 40 heavy (non-hydrogen) atoms. The van der Waals surface area contributed by atoms with E-state index in [-0.39, 0.29) is 41.9 Å². The van der Waals surface area contributed by atoms with Gasteiger partial charge < -0.3 is 15.1 Å². The van der Waals surface area contributed by atoms with Gasteiger partial charge in [0, 0.05) is 17.1 Å². The highest BCUT2D eigenvalue weighted by Gasteiger charge is 2.52. The standard InChI is InChI=1S/C33H38ClN3O3/c34-25-11-9-21(10-12-25)19-36-28-7-3-4-8-29(28)37(32(40)27-6-2-1-5-26(27)31(36)39)20-30(38)35-33-16-22-13-23(17-33)15-24(14-22)18-33/h1-2,5-6,9-12,22-24,28-29H,3-4,7-8,13-20H2,(H,35,38). The van der Waals surface area contributed by atoms with E-state index >= 15 is 0 Å². The molecule has 4 bridgehead atoms. The molecule has 6 nitrogen and oxygen atoms in total. The number of benzene rings is 2. The van der Waals surface area contributed by atoms with Crippen molar-refractivity contribution in [3.8, 4) is 0 Å². The van der Waals surface area contributed by atoms with E-state index < -0.39 is 0 Å². The Hall–Kier alpha value is -2.86. The van der Waals surface area contributed by atoms with Crippen LogP contribution in [0.1, 0.15) is 90.5 Å². The molecule has 2 unspecified atom stereocenters. The fourth-order valence-corrected chi connectivity index (χ4v) is 9.33. The molecular formula is C33H38ClN3O3. The number of hydrogen-bond donors (Lipinski definition) is 1. The molecular weight excluding hydrogens is 522 g/mol. The van der Waals surface area contributed by atoms with Crippen LogP contribution in [-0.4, -0.2) is 51.7 Å². The molecule has 0 aromatic heterocycles. The highest BCUT2D eigenvalue weighted by molar-refractivity contribution is 6.30. The van der Waals surface area contributed by atoms with Gasteiger partial charge in [0.1, 0.15) is 6.54 Å². The van der Waals surface area contributed by atoms with Crippen molar-refractivity contribution in [2.24, 2.45) is 17.8 Å². The number of halogens is 1. The third kappa shape index (κ3) is 4.72. The quantitative estimate of drug-likeness (QED) is 0.501. The lowest BCUT2D eigenvalue weighted by Crippen LogP contribution is -2.63. The molecule has 3 amide bonds. The first-order valence-electron chi connectivity index (χ1n) is 15.1. The van der Waals surface area contributed by atoms with Gasteiger partial charge in [-0.1, -0.05) is 48.7 Å². The molecule has 2 aromatic rings. The van der Waals surface area contributed by atoms with Crippen LogP contribution >= 0.6 is 11.6 Å². The molecule has 5 fully saturated rings. The van der Waals surface area contributed by atoms with Gasteiger partial charge in [-0.25, -0.2) is 0 Å². The van der Waals surface area contributed by atoms with Crippen LogP contribution in [0.25, 0.3) is 0 Å². The highest BCUT2D eigenvalue weighted by atomic mass is 35.5. The van der Waals surface area contributed by atoms with E-state index in [0.29, 0.717) is 22.7 Å². The number of hydrogen-bond acceptors (Lipinski definition) is 3. The molecule has 7 heteroatoms. The Balaban J connectivity index is 1.20. The van der Waals surface area contributed by atoms with Gasteiger partial charge in [0.15, 0.2) is 0 Å². The lowest BCUT2D eigenvalue weighted by atomic mass is 9.53. The van der Waals surface area contributed by atoms with Crippen LogP contribution in [0.5, 0.6) is 0 Å². The molecule has 6 aliphatic rings. The second kappa shape index (κ2) is 10.2.